The van der Waals surface area contributed by atoms with E-state index in [4.69, 9.17) is 0 Å². The molecule has 1 aromatic carbocycles. The fourth-order valence-electron chi connectivity index (χ4n) is 2.51. The number of aromatic hydroxyl groups is 1. The van der Waals surface area contributed by atoms with Crippen molar-refractivity contribution in [1.82, 2.24) is 5.32 Å². The highest BCUT2D eigenvalue weighted by atomic mass is 16.4. The van der Waals surface area contributed by atoms with E-state index in [1.807, 2.05) is 12.1 Å². The number of rotatable bonds is 2. The van der Waals surface area contributed by atoms with Crippen molar-refractivity contribution in [2.75, 3.05) is 13.1 Å². The molecule has 1 aromatic rings. The fourth-order valence-corrected chi connectivity index (χ4v) is 2.51. The first-order chi connectivity index (χ1) is 8.20. The van der Waals surface area contributed by atoms with Crippen molar-refractivity contribution in [3.63, 3.8) is 0 Å². The Morgan fingerprint density at radius 1 is 1.24 bits per heavy atom. The Morgan fingerprint density at radius 3 is 2.65 bits per heavy atom. The molecule has 2 unspecified atom stereocenters. The highest BCUT2D eigenvalue weighted by Gasteiger charge is 2.31. The molecule has 4 heteroatoms. The summed E-state index contributed by atoms with van der Waals surface area (Å²) in [6.07, 6.45) is 1.35. The van der Waals surface area contributed by atoms with E-state index >= 15 is 0 Å². The standard InChI is InChI=1S/C13H17NO3/c15-12-4-2-1-3-10(12)9-5-7-14-8-6-11(9)13(16)17/h1-4,9,11,14-15H,5-8H2,(H,16,17). The first-order valence-electron chi connectivity index (χ1n) is 5.91. The molecule has 3 N–H and O–H groups in total. The summed E-state index contributed by atoms with van der Waals surface area (Å²) in [4.78, 5) is 11.3. The molecule has 2 rings (SSSR count). The number of benzene rings is 1. The number of para-hydroxylation sites is 1. The van der Waals surface area contributed by atoms with Gasteiger partial charge in [-0.1, -0.05) is 18.2 Å². The topological polar surface area (TPSA) is 69.6 Å². The third kappa shape index (κ3) is 2.58. The normalized spacial score (nSPS) is 25.2. The van der Waals surface area contributed by atoms with E-state index < -0.39 is 11.9 Å². The Hall–Kier alpha value is -1.55. The van der Waals surface area contributed by atoms with Gasteiger partial charge in [-0.2, -0.15) is 0 Å². The first kappa shape index (κ1) is 11.9. The molecular formula is C13H17NO3. The van der Waals surface area contributed by atoms with E-state index in [-0.39, 0.29) is 11.7 Å². The van der Waals surface area contributed by atoms with Crippen molar-refractivity contribution < 1.29 is 15.0 Å². The van der Waals surface area contributed by atoms with Crippen LogP contribution in [0.15, 0.2) is 24.3 Å². The Morgan fingerprint density at radius 2 is 1.94 bits per heavy atom. The Labute approximate surface area is 100 Å². The largest absolute Gasteiger partial charge is 0.508 e. The van der Waals surface area contributed by atoms with Crippen LogP contribution >= 0.6 is 0 Å². The molecule has 17 heavy (non-hydrogen) atoms. The summed E-state index contributed by atoms with van der Waals surface area (Å²) < 4.78 is 0. The van der Waals surface area contributed by atoms with Crippen molar-refractivity contribution in [3.8, 4) is 5.75 Å². The summed E-state index contributed by atoms with van der Waals surface area (Å²) in [6, 6.07) is 7.03. The van der Waals surface area contributed by atoms with Crippen LogP contribution in [0.1, 0.15) is 24.3 Å². The van der Waals surface area contributed by atoms with Gasteiger partial charge >= 0.3 is 5.97 Å². The Kier molecular flexibility index (Phi) is 3.64. The lowest BCUT2D eigenvalue weighted by Gasteiger charge is -2.22. The Balaban J connectivity index is 2.32. The molecule has 1 saturated heterocycles. The summed E-state index contributed by atoms with van der Waals surface area (Å²) in [7, 11) is 0. The third-order valence-electron chi connectivity index (χ3n) is 3.40. The van der Waals surface area contributed by atoms with Crippen LogP contribution in [0.5, 0.6) is 5.75 Å². The molecule has 0 aromatic heterocycles. The lowest BCUT2D eigenvalue weighted by molar-refractivity contribution is -0.142. The van der Waals surface area contributed by atoms with Gasteiger partial charge < -0.3 is 15.5 Å². The SMILES string of the molecule is O=C(O)C1CCNCCC1c1ccccc1O. The molecule has 2 atom stereocenters. The molecule has 0 amide bonds. The molecule has 4 nitrogen and oxygen atoms in total. The number of hydrogen-bond donors (Lipinski definition) is 3. The maximum Gasteiger partial charge on any atom is 0.307 e. The molecule has 0 aliphatic carbocycles. The zero-order valence-corrected chi connectivity index (χ0v) is 9.60. The van der Waals surface area contributed by atoms with Gasteiger partial charge in [-0.05, 0) is 37.6 Å². The minimum atomic E-state index is -0.776. The van der Waals surface area contributed by atoms with Crippen molar-refractivity contribution in [2.45, 2.75) is 18.8 Å². The molecule has 1 aliphatic rings. The van der Waals surface area contributed by atoms with Crippen LogP contribution in [0.2, 0.25) is 0 Å². The van der Waals surface area contributed by atoms with Crippen LogP contribution in [0.25, 0.3) is 0 Å². The third-order valence-corrected chi connectivity index (χ3v) is 3.40. The van der Waals surface area contributed by atoms with Gasteiger partial charge in [0, 0.05) is 5.92 Å². The summed E-state index contributed by atoms with van der Waals surface area (Å²) in [5.74, 6) is -1.10. The number of aliphatic carboxylic acids is 1. The molecule has 0 bridgehead atoms. The van der Waals surface area contributed by atoms with Gasteiger partial charge in [0.15, 0.2) is 0 Å². The van der Waals surface area contributed by atoms with Gasteiger partial charge in [0.25, 0.3) is 0 Å². The summed E-state index contributed by atoms with van der Waals surface area (Å²) in [5.41, 5.74) is 0.753. The minimum Gasteiger partial charge on any atom is -0.508 e. The quantitative estimate of drug-likeness (QED) is 0.727. The molecule has 1 aliphatic heterocycles. The van der Waals surface area contributed by atoms with Crippen LogP contribution in [0, 0.1) is 5.92 Å². The summed E-state index contributed by atoms with van der Waals surface area (Å²) in [5, 5.41) is 22.3. The minimum absolute atomic E-state index is 0.108. The first-order valence-corrected chi connectivity index (χ1v) is 5.91. The van der Waals surface area contributed by atoms with Crippen LogP contribution < -0.4 is 5.32 Å². The van der Waals surface area contributed by atoms with Gasteiger partial charge in [-0.25, -0.2) is 0 Å². The van der Waals surface area contributed by atoms with Crippen LogP contribution in [0.3, 0.4) is 0 Å². The monoisotopic (exact) mass is 235 g/mol. The van der Waals surface area contributed by atoms with Crippen molar-refractivity contribution >= 4 is 5.97 Å². The molecular weight excluding hydrogens is 218 g/mol. The number of nitrogens with one attached hydrogen (secondary N) is 1. The second kappa shape index (κ2) is 5.19. The smallest absolute Gasteiger partial charge is 0.307 e. The summed E-state index contributed by atoms with van der Waals surface area (Å²) in [6.45, 7) is 1.52. The lowest BCUT2D eigenvalue weighted by Crippen LogP contribution is -2.22. The van der Waals surface area contributed by atoms with Gasteiger partial charge in [0.1, 0.15) is 5.75 Å². The number of phenols is 1. The van der Waals surface area contributed by atoms with E-state index in [1.165, 1.54) is 0 Å². The number of phenolic OH excluding ortho intramolecular Hbond substituents is 1. The molecule has 0 spiro atoms. The summed E-state index contributed by atoms with van der Waals surface area (Å²) >= 11 is 0. The van der Waals surface area contributed by atoms with Crippen molar-refractivity contribution in [1.29, 1.82) is 0 Å². The van der Waals surface area contributed by atoms with Gasteiger partial charge in [-0.3, -0.25) is 4.79 Å². The molecule has 0 saturated carbocycles. The number of carboxylic acid groups (broad SMARTS) is 1. The van der Waals surface area contributed by atoms with E-state index in [1.54, 1.807) is 12.1 Å². The fraction of sp³-hybridized carbons (Fsp3) is 0.462. The lowest BCUT2D eigenvalue weighted by atomic mass is 9.82. The zero-order valence-electron chi connectivity index (χ0n) is 9.60. The van der Waals surface area contributed by atoms with Crippen LogP contribution in [-0.2, 0) is 4.79 Å². The van der Waals surface area contributed by atoms with Crippen molar-refractivity contribution in [2.24, 2.45) is 5.92 Å². The average molecular weight is 235 g/mol. The maximum atomic E-state index is 11.3. The van der Waals surface area contributed by atoms with Gasteiger partial charge in [-0.15, -0.1) is 0 Å². The highest BCUT2D eigenvalue weighted by Crippen LogP contribution is 2.36. The van der Waals surface area contributed by atoms with E-state index in [0.29, 0.717) is 6.42 Å². The predicted molar refractivity (Wildman–Crippen MR) is 64.1 cm³/mol. The van der Waals surface area contributed by atoms with E-state index in [9.17, 15) is 15.0 Å². The molecule has 92 valence electrons. The predicted octanol–water partition coefficient (Wildman–Crippen LogP) is 1.56. The molecule has 1 fully saturated rings. The Bertz CT molecular complexity index is 405. The number of carbonyl (C=O) groups is 1. The molecule has 0 radical (unpaired) electrons. The average Bonchev–Trinajstić information content (AvgIpc) is 2.55. The van der Waals surface area contributed by atoms with E-state index in [2.05, 4.69) is 5.32 Å². The van der Waals surface area contributed by atoms with Gasteiger partial charge in [0.2, 0.25) is 0 Å². The zero-order chi connectivity index (χ0) is 12.3. The maximum absolute atomic E-state index is 11.3. The number of carboxylic acids is 1. The second-order valence-corrected chi connectivity index (χ2v) is 4.44. The number of hydrogen-bond acceptors (Lipinski definition) is 3. The molecule has 1 heterocycles. The highest BCUT2D eigenvalue weighted by molar-refractivity contribution is 5.71. The van der Waals surface area contributed by atoms with Crippen molar-refractivity contribution in [3.05, 3.63) is 29.8 Å². The van der Waals surface area contributed by atoms with E-state index in [0.717, 1.165) is 25.1 Å². The van der Waals surface area contributed by atoms with Crippen LogP contribution in [-0.4, -0.2) is 29.3 Å². The van der Waals surface area contributed by atoms with Crippen LogP contribution in [0.4, 0.5) is 0 Å². The second-order valence-electron chi connectivity index (χ2n) is 4.44. The van der Waals surface area contributed by atoms with Gasteiger partial charge in [0.05, 0.1) is 5.92 Å².